The topological polar surface area (TPSA) is 71.7 Å². The Morgan fingerprint density at radius 2 is 1.96 bits per heavy atom. The molecule has 2 rings (SSSR count). The number of nitro groups is 1. The Hall–Kier alpha value is -2.67. The average molecular weight is 330 g/mol. The summed E-state index contributed by atoms with van der Waals surface area (Å²) in [6.07, 6.45) is 2.19. The van der Waals surface area contributed by atoms with Crippen LogP contribution in [0.25, 0.3) is 0 Å². The summed E-state index contributed by atoms with van der Waals surface area (Å²) in [5.74, 6) is 0.656. The first-order valence-electron chi connectivity index (χ1n) is 7.68. The molecule has 2 aromatic rings. The Balaban J connectivity index is 2.65. The van der Waals surface area contributed by atoms with Crippen LogP contribution in [0.4, 0.5) is 17.2 Å². The van der Waals surface area contributed by atoms with Crippen LogP contribution in [0.2, 0.25) is 0 Å². The molecule has 24 heavy (non-hydrogen) atoms. The second-order valence-corrected chi connectivity index (χ2v) is 5.53. The van der Waals surface area contributed by atoms with E-state index in [4.69, 9.17) is 4.74 Å². The van der Waals surface area contributed by atoms with Crippen LogP contribution in [0, 0.1) is 10.1 Å². The highest BCUT2D eigenvalue weighted by molar-refractivity contribution is 5.69. The summed E-state index contributed by atoms with van der Waals surface area (Å²) < 4.78 is 5.08. The van der Waals surface area contributed by atoms with Crippen molar-refractivity contribution in [3.63, 3.8) is 0 Å². The lowest BCUT2D eigenvalue weighted by atomic mass is 10.2. The van der Waals surface area contributed by atoms with Gasteiger partial charge in [0.05, 0.1) is 30.5 Å². The van der Waals surface area contributed by atoms with E-state index in [9.17, 15) is 10.1 Å². The van der Waals surface area contributed by atoms with E-state index in [1.165, 1.54) is 19.4 Å². The Kier molecular flexibility index (Phi) is 5.70. The van der Waals surface area contributed by atoms with E-state index in [1.54, 1.807) is 0 Å². The molecule has 128 valence electrons. The monoisotopic (exact) mass is 330 g/mol. The molecular formula is C17H22N4O3. The number of para-hydroxylation sites is 1. The van der Waals surface area contributed by atoms with Crippen molar-refractivity contribution in [3.05, 3.63) is 52.7 Å². The summed E-state index contributed by atoms with van der Waals surface area (Å²) in [7, 11) is 5.35. The van der Waals surface area contributed by atoms with E-state index >= 15 is 0 Å². The summed E-state index contributed by atoms with van der Waals surface area (Å²) in [4.78, 5) is 19.4. The predicted octanol–water partition coefficient (Wildman–Crippen LogP) is 3.43. The maximum Gasteiger partial charge on any atom is 0.315 e. The van der Waals surface area contributed by atoms with E-state index in [2.05, 4.69) is 4.98 Å². The van der Waals surface area contributed by atoms with Gasteiger partial charge in [-0.3, -0.25) is 15.0 Å². The van der Waals surface area contributed by atoms with Crippen molar-refractivity contribution in [3.8, 4) is 5.75 Å². The summed E-state index contributed by atoms with van der Waals surface area (Å²) in [6, 6.07) is 11.0. The molecule has 0 saturated carbocycles. The maximum absolute atomic E-state index is 11.6. The normalized spacial score (nSPS) is 12.0. The van der Waals surface area contributed by atoms with Crippen LogP contribution >= 0.6 is 0 Å². The van der Waals surface area contributed by atoms with Crippen molar-refractivity contribution in [2.75, 3.05) is 26.1 Å². The van der Waals surface area contributed by atoms with Gasteiger partial charge in [-0.15, -0.1) is 0 Å². The minimum atomic E-state index is -0.427. The molecule has 1 atom stereocenters. The molecule has 1 aromatic carbocycles. The number of aromatic nitrogens is 1. The lowest BCUT2D eigenvalue weighted by molar-refractivity contribution is -0.384. The standard InChI is InChI=1S/C17H22N4O3/c1-5-16(19(2)3)20(13-9-7-6-8-10-13)17-15(21(22)23)11-14(24-4)12-18-17/h6-12,16H,5H2,1-4H3. The van der Waals surface area contributed by atoms with Crippen molar-refractivity contribution in [2.24, 2.45) is 0 Å². The molecule has 1 aromatic heterocycles. The van der Waals surface area contributed by atoms with Crippen LogP contribution in [-0.2, 0) is 0 Å². The van der Waals surface area contributed by atoms with Crippen molar-refractivity contribution in [1.29, 1.82) is 0 Å². The predicted molar refractivity (Wildman–Crippen MR) is 93.8 cm³/mol. The summed E-state index contributed by atoms with van der Waals surface area (Å²) in [5.41, 5.74) is 0.761. The highest BCUT2D eigenvalue weighted by Gasteiger charge is 2.29. The van der Waals surface area contributed by atoms with Gasteiger partial charge in [0, 0.05) is 5.69 Å². The summed E-state index contributed by atoms with van der Waals surface area (Å²) in [6.45, 7) is 2.04. The molecule has 0 aliphatic heterocycles. The fraction of sp³-hybridized carbons (Fsp3) is 0.353. The van der Waals surface area contributed by atoms with Gasteiger partial charge in [-0.05, 0) is 32.6 Å². The van der Waals surface area contributed by atoms with Gasteiger partial charge in [-0.1, -0.05) is 25.1 Å². The van der Waals surface area contributed by atoms with E-state index in [0.717, 1.165) is 12.1 Å². The van der Waals surface area contributed by atoms with Gasteiger partial charge in [0.2, 0.25) is 5.82 Å². The molecule has 0 aliphatic rings. The lowest BCUT2D eigenvalue weighted by Gasteiger charge is -2.36. The van der Waals surface area contributed by atoms with Gasteiger partial charge in [-0.25, -0.2) is 4.98 Å². The van der Waals surface area contributed by atoms with Crippen molar-refractivity contribution in [1.82, 2.24) is 9.88 Å². The molecule has 7 heteroatoms. The maximum atomic E-state index is 11.6. The number of nitrogens with zero attached hydrogens (tertiary/aromatic N) is 4. The highest BCUT2D eigenvalue weighted by atomic mass is 16.6. The van der Waals surface area contributed by atoms with E-state index in [-0.39, 0.29) is 11.9 Å². The second-order valence-electron chi connectivity index (χ2n) is 5.53. The first-order valence-corrected chi connectivity index (χ1v) is 7.68. The quantitative estimate of drug-likeness (QED) is 0.440. The molecule has 1 unspecified atom stereocenters. The number of hydrogen-bond acceptors (Lipinski definition) is 6. The molecule has 0 spiro atoms. The number of pyridine rings is 1. The van der Waals surface area contributed by atoms with Crippen LogP contribution in [-0.4, -0.2) is 42.2 Å². The van der Waals surface area contributed by atoms with E-state index in [0.29, 0.717) is 11.6 Å². The zero-order valence-electron chi connectivity index (χ0n) is 14.3. The molecule has 0 radical (unpaired) electrons. The van der Waals surface area contributed by atoms with Gasteiger partial charge >= 0.3 is 5.69 Å². The van der Waals surface area contributed by atoms with Crippen molar-refractivity contribution >= 4 is 17.2 Å². The van der Waals surface area contributed by atoms with E-state index < -0.39 is 4.92 Å². The van der Waals surface area contributed by atoms with Gasteiger partial charge in [0.1, 0.15) is 5.75 Å². The Bertz CT molecular complexity index is 691. The summed E-state index contributed by atoms with van der Waals surface area (Å²) >= 11 is 0. The van der Waals surface area contributed by atoms with Crippen molar-refractivity contribution in [2.45, 2.75) is 19.5 Å². The van der Waals surface area contributed by atoms with Crippen LogP contribution in [0.1, 0.15) is 13.3 Å². The largest absolute Gasteiger partial charge is 0.495 e. The van der Waals surface area contributed by atoms with Gasteiger partial charge in [0.15, 0.2) is 0 Å². The average Bonchev–Trinajstić information content (AvgIpc) is 2.59. The number of methoxy groups -OCH3 is 1. The Morgan fingerprint density at radius 3 is 2.46 bits per heavy atom. The Labute approximate surface area is 141 Å². The number of ether oxygens (including phenoxy) is 1. The SMILES string of the molecule is CCC(N(C)C)N(c1ccccc1)c1ncc(OC)cc1[N+](=O)[O-]. The fourth-order valence-electron chi connectivity index (χ4n) is 2.66. The number of rotatable bonds is 7. The van der Waals surface area contributed by atoms with Crippen LogP contribution < -0.4 is 9.64 Å². The lowest BCUT2D eigenvalue weighted by Crippen LogP contribution is -2.42. The Morgan fingerprint density at radius 1 is 1.29 bits per heavy atom. The molecule has 0 aliphatic carbocycles. The molecular weight excluding hydrogens is 308 g/mol. The van der Waals surface area contributed by atoms with Gasteiger partial charge in [0.25, 0.3) is 0 Å². The molecule has 0 amide bonds. The number of anilines is 2. The minimum Gasteiger partial charge on any atom is -0.495 e. The first kappa shape index (κ1) is 17.7. The number of hydrogen-bond donors (Lipinski definition) is 0. The molecule has 0 fully saturated rings. The highest BCUT2D eigenvalue weighted by Crippen LogP contribution is 2.36. The van der Waals surface area contributed by atoms with Gasteiger partial charge < -0.3 is 9.64 Å². The van der Waals surface area contributed by atoms with Crippen LogP contribution in [0.3, 0.4) is 0 Å². The van der Waals surface area contributed by atoms with Crippen molar-refractivity contribution < 1.29 is 9.66 Å². The zero-order chi connectivity index (χ0) is 17.7. The first-order chi connectivity index (χ1) is 11.5. The minimum absolute atomic E-state index is 0.0769. The molecule has 1 heterocycles. The molecule has 0 bridgehead atoms. The van der Waals surface area contributed by atoms with Crippen LogP contribution in [0.15, 0.2) is 42.6 Å². The zero-order valence-corrected chi connectivity index (χ0v) is 14.3. The second kappa shape index (κ2) is 7.74. The van der Waals surface area contributed by atoms with Crippen LogP contribution in [0.5, 0.6) is 5.75 Å². The fourth-order valence-corrected chi connectivity index (χ4v) is 2.66. The third-order valence-electron chi connectivity index (χ3n) is 3.78. The summed E-state index contributed by atoms with van der Waals surface area (Å²) in [5, 5.41) is 11.6. The van der Waals surface area contributed by atoms with Gasteiger partial charge in [-0.2, -0.15) is 0 Å². The third kappa shape index (κ3) is 3.62. The molecule has 7 nitrogen and oxygen atoms in total. The molecule has 0 saturated heterocycles. The third-order valence-corrected chi connectivity index (χ3v) is 3.78. The van der Waals surface area contributed by atoms with E-state index in [1.807, 2.05) is 61.2 Å². The molecule has 0 N–H and O–H groups in total. The smallest absolute Gasteiger partial charge is 0.315 e. The number of benzene rings is 1.